The third-order valence-electron chi connectivity index (χ3n) is 3.42. The van der Waals surface area contributed by atoms with E-state index in [0.29, 0.717) is 0 Å². The van der Waals surface area contributed by atoms with Gasteiger partial charge in [-0.05, 0) is 30.7 Å². The summed E-state index contributed by atoms with van der Waals surface area (Å²) in [6.45, 7) is 4.32. The molecular formula is C17H29NO. The monoisotopic (exact) mass is 263 g/mol. The molecule has 0 spiro atoms. The van der Waals surface area contributed by atoms with Gasteiger partial charge in [0.15, 0.2) is 0 Å². The molecule has 1 N–H and O–H groups in total. The maximum Gasteiger partial charge on any atom is 0.119 e. The molecule has 1 aromatic rings. The third kappa shape index (κ3) is 7.89. The second-order valence-electron chi connectivity index (χ2n) is 5.15. The minimum atomic E-state index is 0.938. The van der Waals surface area contributed by atoms with E-state index in [0.717, 1.165) is 18.8 Å². The zero-order valence-electron chi connectivity index (χ0n) is 12.6. The number of rotatable bonds is 11. The highest BCUT2D eigenvalue weighted by Crippen LogP contribution is 2.12. The Hall–Kier alpha value is -1.02. The minimum Gasteiger partial charge on any atom is -0.497 e. The van der Waals surface area contributed by atoms with Gasteiger partial charge in [0, 0.05) is 6.54 Å². The van der Waals surface area contributed by atoms with Crippen LogP contribution in [0.1, 0.15) is 57.4 Å². The van der Waals surface area contributed by atoms with Crippen molar-refractivity contribution < 1.29 is 4.74 Å². The first-order chi connectivity index (χ1) is 9.36. The van der Waals surface area contributed by atoms with Crippen molar-refractivity contribution in [3.63, 3.8) is 0 Å². The highest BCUT2D eigenvalue weighted by atomic mass is 16.5. The Morgan fingerprint density at radius 1 is 1.00 bits per heavy atom. The van der Waals surface area contributed by atoms with Gasteiger partial charge < -0.3 is 10.1 Å². The number of unbranched alkanes of at least 4 members (excludes halogenated alkanes) is 6. The van der Waals surface area contributed by atoms with E-state index in [-0.39, 0.29) is 0 Å². The lowest BCUT2D eigenvalue weighted by Crippen LogP contribution is -2.14. The van der Waals surface area contributed by atoms with E-state index in [1.54, 1.807) is 7.11 Å². The Bertz CT molecular complexity index is 325. The fraction of sp³-hybridized carbons (Fsp3) is 0.647. The van der Waals surface area contributed by atoms with Crippen molar-refractivity contribution >= 4 is 0 Å². The molecule has 0 radical (unpaired) electrons. The summed E-state index contributed by atoms with van der Waals surface area (Å²) in [7, 11) is 1.71. The molecule has 0 aliphatic rings. The van der Waals surface area contributed by atoms with Crippen molar-refractivity contribution in [3.8, 4) is 5.75 Å². The van der Waals surface area contributed by atoms with Crippen LogP contribution in [0.5, 0.6) is 5.75 Å². The molecule has 108 valence electrons. The highest BCUT2D eigenvalue weighted by molar-refractivity contribution is 5.28. The predicted molar refractivity (Wildman–Crippen MR) is 82.7 cm³/mol. The number of nitrogens with one attached hydrogen (secondary N) is 1. The molecule has 0 heterocycles. The van der Waals surface area contributed by atoms with Crippen LogP contribution in [0, 0.1) is 0 Å². The average molecular weight is 263 g/mol. The summed E-state index contributed by atoms with van der Waals surface area (Å²) in [6.07, 6.45) is 9.58. The second kappa shape index (κ2) is 10.9. The molecule has 19 heavy (non-hydrogen) atoms. The summed E-state index contributed by atoms with van der Waals surface area (Å²) in [5.74, 6) is 0.940. The van der Waals surface area contributed by atoms with Crippen LogP contribution in [0.4, 0.5) is 0 Å². The Labute approximate surface area is 118 Å². The zero-order valence-corrected chi connectivity index (χ0v) is 12.6. The molecule has 0 aliphatic heterocycles. The van der Waals surface area contributed by atoms with E-state index in [4.69, 9.17) is 4.74 Å². The van der Waals surface area contributed by atoms with Crippen molar-refractivity contribution in [2.24, 2.45) is 0 Å². The molecule has 0 saturated carbocycles. The van der Waals surface area contributed by atoms with Gasteiger partial charge in [0.1, 0.15) is 5.75 Å². The predicted octanol–water partition coefficient (Wildman–Crippen LogP) is 4.54. The maximum atomic E-state index is 5.22. The number of benzene rings is 1. The van der Waals surface area contributed by atoms with E-state index in [9.17, 15) is 0 Å². The van der Waals surface area contributed by atoms with Crippen molar-refractivity contribution in [1.29, 1.82) is 0 Å². The number of ether oxygens (including phenoxy) is 1. The molecule has 0 bridgehead atoms. The van der Waals surface area contributed by atoms with E-state index >= 15 is 0 Å². The quantitative estimate of drug-likeness (QED) is 0.592. The van der Waals surface area contributed by atoms with Crippen LogP contribution in [0.25, 0.3) is 0 Å². The highest BCUT2D eigenvalue weighted by Gasteiger charge is 1.95. The van der Waals surface area contributed by atoms with Gasteiger partial charge in [-0.3, -0.25) is 0 Å². The number of hydrogen-bond donors (Lipinski definition) is 1. The lowest BCUT2D eigenvalue weighted by molar-refractivity contribution is 0.414. The SMILES string of the molecule is CCCCCCCCCNCc1cccc(OC)c1. The first kappa shape index (κ1) is 16.0. The second-order valence-corrected chi connectivity index (χ2v) is 5.15. The first-order valence-electron chi connectivity index (χ1n) is 7.70. The molecule has 0 atom stereocenters. The van der Waals surface area contributed by atoms with E-state index in [1.807, 2.05) is 12.1 Å². The van der Waals surface area contributed by atoms with Gasteiger partial charge in [-0.2, -0.15) is 0 Å². The summed E-state index contributed by atoms with van der Waals surface area (Å²) in [5, 5.41) is 3.50. The summed E-state index contributed by atoms with van der Waals surface area (Å²) in [4.78, 5) is 0. The van der Waals surface area contributed by atoms with Gasteiger partial charge in [0.05, 0.1) is 7.11 Å². The van der Waals surface area contributed by atoms with Gasteiger partial charge in [0.25, 0.3) is 0 Å². The summed E-state index contributed by atoms with van der Waals surface area (Å²) < 4.78 is 5.22. The molecule has 0 aromatic heterocycles. The lowest BCUT2D eigenvalue weighted by atomic mass is 10.1. The topological polar surface area (TPSA) is 21.3 Å². The van der Waals surface area contributed by atoms with Gasteiger partial charge in [-0.15, -0.1) is 0 Å². The van der Waals surface area contributed by atoms with Crippen LogP contribution in [-0.2, 0) is 6.54 Å². The van der Waals surface area contributed by atoms with E-state index in [2.05, 4.69) is 24.4 Å². The lowest BCUT2D eigenvalue weighted by Gasteiger charge is -2.06. The van der Waals surface area contributed by atoms with Crippen LogP contribution in [0.2, 0.25) is 0 Å². The molecule has 0 fully saturated rings. The van der Waals surface area contributed by atoms with Crippen molar-refractivity contribution in [1.82, 2.24) is 5.32 Å². The molecule has 1 rings (SSSR count). The van der Waals surface area contributed by atoms with Crippen LogP contribution in [0.15, 0.2) is 24.3 Å². The fourth-order valence-corrected chi connectivity index (χ4v) is 2.22. The number of hydrogen-bond acceptors (Lipinski definition) is 2. The first-order valence-corrected chi connectivity index (χ1v) is 7.70. The molecule has 0 unspecified atom stereocenters. The smallest absolute Gasteiger partial charge is 0.119 e. The molecule has 2 heteroatoms. The minimum absolute atomic E-state index is 0.938. The zero-order chi connectivity index (χ0) is 13.8. The third-order valence-corrected chi connectivity index (χ3v) is 3.42. The van der Waals surface area contributed by atoms with E-state index < -0.39 is 0 Å². The summed E-state index contributed by atoms with van der Waals surface area (Å²) >= 11 is 0. The van der Waals surface area contributed by atoms with E-state index in [1.165, 1.54) is 50.5 Å². The molecule has 0 saturated heterocycles. The fourth-order valence-electron chi connectivity index (χ4n) is 2.22. The molecular weight excluding hydrogens is 234 g/mol. The standard InChI is InChI=1S/C17H29NO/c1-3-4-5-6-7-8-9-13-18-15-16-11-10-12-17(14-16)19-2/h10-12,14,18H,3-9,13,15H2,1-2H3. The Balaban J connectivity index is 1.98. The average Bonchev–Trinajstić information content (AvgIpc) is 2.46. The molecule has 2 nitrogen and oxygen atoms in total. The Morgan fingerprint density at radius 3 is 2.47 bits per heavy atom. The Morgan fingerprint density at radius 2 is 1.74 bits per heavy atom. The molecule has 1 aromatic carbocycles. The van der Waals surface area contributed by atoms with Crippen molar-refractivity contribution in [2.45, 2.75) is 58.4 Å². The molecule has 0 amide bonds. The summed E-state index contributed by atoms with van der Waals surface area (Å²) in [5.41, 5.74) is 1.29. The normalized spacial score (nSPS) is 10.6. The largest absolute Gasteiger partial charge is 0.497 e. The maximum absolute atomic E-state index is 5.22. The molecule has 0 aliphatic carbocycles. The Kier molecular flexibility index (Phi) is 9.17. The van der Waals surface area contributed by atoms with Crippen molar-refractivity contribution in [2.75, 3.05) is 13.7 Å². The number of methoxy groups -OCH3 is 1. The van der Waals surface area contributed by atoms with Gasteiger partial charge in [-0.25, -0.2) is 0 Å². The van der Waals surface area contributed by atoms with Gasteiger partial charge >= 0.3 is 0 Å². The van der Waals surface area contributed by atoms with Crippen LogP contribution in [-0.4, -0.2) is 13.7 Å². The van der Waals surface area contributed by atoms with Crippen molar-refractivity contribution in [3.05, 3.63) is 29.8 Å². The van der Waals surface area contributed by atoms with Gasteiger partial charge in [-0.1, -0.05) is 57.6 Å². The van der Waals surface area contributed by atoms with Crippen LogP contribution >= 0.6 is 0 Å². The van der Waals surface area contributed by atoms with Crippen LogP contribution in [0.3, 0.4) is 0 Å². The van der Waals surface area contributed by atoms with Gasteiger partial charge in [0.2, 0.25) is 0 Å². The van der Waals surface area contributed by atoms with Crippen LogP contribution < -0.4 is 10.1 Å². The summed E-state index contributed by atoms with van der Waals surface area (Å²) in [6, 6.07) is 8.27.